The summed E-state index contributed by atoms with van der Waals surface area (Å²) < 4.78 is 12.8. The molecule has 1 aliphatic heterocycles. The Kier molecular flexibility index (Phi) is 4.41. The number of pyridine rings is 1. The second-order valence-electron chi connectivity index (χ2n) is 6.19. The molecule has 2 aromatic rings. The number of allylic oxidation sites excluding steroid dienone is 4. The molecule has 2 aliphatic rings. The third-order valence-corrected chi connectivity index (χ3v) is 6.80. The van der Waals surface area contributed by atoms with Gasteiger partial charge < -0.3 is 9.80 Å². The van der Waals surface area contributed by atoms with Gasteiger partial charge in [-0.1, -0.05) is 0 Å². The molecule has 1 unspecified atom stereocenters. The summed E-state index contributed by atoms with van der Waals surface area (Å²) in [6.07, 6.45) is 9.80. The summed E-state index contributed by atoms with van der Waals surface area (Å²) in [5, 5.41) is 2.23. The largest absolute Gasteiger partial charge is 0.371 e. The van der Waals surface area contributed by atoms with Crippen molar-refractivity contribution in [1.29, 1.82) is 0 Å². The Bertz CT molecular complexity index is 832. The van der Waals surface area contributed by atoms with Crippen molar-refractivity contribution in [1.82, 2.24) is 9.88 Å². The van der Waals surface area contributed by atoms with Crippen LogP contribution in [0.3, 0.4) is 0 Å². The average Bonchev–Trinajstić information content (AvgIpc) is 3.06. The van der Waals surface area contributed by atoms with Gasteiger partial charge in [0.2, 0.25) is 0 Å². The third-order valence-electron chi connectivity index (χ3n) is 4.80. The van der Waals surface area contributed by atoms with E-state index in [1.807, 2.05) is 12.3 Å². The first kappa shape index (κ1) is 15.8. The predicted octanol–water partition coefficient (Wildman–Crippen LogP) is 3.36. The van der Waals surface area contributed by atoms with Crippen molar-refractivity contribution in [2.24, 2.45) is 0 Å². The van der Waals surface area contributed by atoms with E-state index >= 15 is 0 Å². The van der Waals surface area contributed by atoms with Crippen LogP contribution < -0.4 is 4.90 Å². The summed E-state index contributed by atoms with van der Waals surface area (Å²) in [5.41, 5.74) is 3.79. The van der Waals surface area contributed by atoms with E-state index in [1.165, 1.54) is 16.1 Å². The van der Waals surface area contributed by atoms with Gasteiger partial charge in [0.1, 0.15) is 5.52 Å². The first-order chi connectivity index (χ1) is 11.7. The van der Waals surface area contributed by atoms with E-state index in [-0.39, 0.29) is 0 Å². The number of anilines is 1. The number of hydrogen-bond donors (Lipinski definition) is 0. The molecule has 24 heavy (non-hydrogen) atoms. The lowest BCUT2D eigenvalue weighted by Crippen LogP contribution is -2.46. The fourth-order valence-electron chi connectivity index (χ4n) is 3.42. The molecule has 2 aromatic heterocycles. The fraction of sp³-hybridized carbons (Fsp3) is 0.389. The predicted molar refractivity (Wildman–Crippen MR) is 103 cm³/mol. The second kappa shape index (κ2) is 6.69. The monoisotopic (exact) mass is 359 g/mol. The van der Waals surface area contributed by atoms with Gasteiger partial charge in [-0.25, -0.2) is 0 Å². The molecule has 1 saturated heterocycles. The zero-order chi connectivity index (χ0) is 16.5. The standard InChI is InChI=1S/C18H21N3OS2/c1-24(22)15-6-4-14(5-7-15)20-9-11-21(12-10-20)16-13-23-17-3-2-8-19-18(16)17/h2-4,6,8,13H,5,7,9-12H2,1H3. The average molecular weight is 360 g/mol. The first-order valence-electron chi connectivity index (χ1n) is 8.27. The highest BCUT2D eigenvalue weighted by molar-refractivity contribution is 7.88. The van der Waals surface area contributed by atoms with E-state index in [0.717, 1.165) is 49.4 Å². The molecular formula is C18H21N3OS2. The molecule has 0 radical (unpaired) electrons. The number of thiophene rings is 1. The third kappa shape index (κ3) is 3.00. The molecule has 0 N–H and O–H groups in total. The van der Waals surface area contributed by atoms with E-state index in [2.05, 4.69) is 38.4 Å². The van der Waals surface area contributed by atoms with Crippen LogP contribution in [-0.2, 0) is 10.8 Å². The van der Waals surface area contributed by atoms with Crippen molar-refractivity contribution in [3.8, 4) is 0 Å². The smallest absolute Gasteiger partial charge is 0.104 e. The Morgan fingerprint density at radius 3 is 2.62 bits per heavy atom. The van der Waals surface area contributed by atoms with Crippen LogP contribution in [-0.4, -0.2) is 46.5 Å². The van der Waals surface area contributed by atoms with Gasteiger partial charge in [0.25, 0.3) is 0 Å². The molecule has 126 valence electrons. The molecule has 0 aromatic carbocycles. The summed E-state index contributed by atoms with van der Waals surface area (Å²) in [6, 6.07) is 4.14. The van der Waals surface area contributed by atoms with Gasteiger partial charge in [-0.3, -0.25) is 9.19 Å². The van der Waals surface area contributed by atoms with Gasteiger partial charge in [0, 0.05) is 65.4 Å². The summed E-state index contributed by atoms with van der Waals surface area (Å²) in [7, 11) is -0.827. The number of nitrogens with zero attached hydrogens (tertiary/aromatic N) is 3. The summed E-state index contributed by atoms with van der Waals surface area (Å²) in [5.74, 6) is 0. The van der Waals surface area contributed by atoms with E-state index in [9.17, 15) is 4.21 Å². The van der Waals surface area contributed by atoms with Crippen LogP contribution >= 0.6 is 11.3 Å². The number of hydrogen-bond acceptors (Lipinski definition) is 5. The minimum Gasteiger partial charge on any atom is -0.371 e. The topological polar surface area (TPSA) is 36.4 Å². The maximum atomic E-state index is 11.6. The molecule has 4 rings (SSSR count). The van der Waals surface area contributed by atoms with Gasteiger partial charge in [-0.05, 0) is 37.1 Å². The normalized spacial score (nSPS) is 20.0. The Morgan fingerprint density at radius 1 is 1.12 bits per heavy atom. The summed E-state index contributed by atoms with van der Waals surface area (Å²) in [6.45, 7) is 4.12. The first-order valence-corrected chi connectivity index (χ1v) is 10.7. The van der Waals surface area contributed by atoms with Crippen molar-refractivity contribution < 1.29 is 4.21 Å². The Labute approximate surface area is 148 Å². The lowest BCUT2D eigenvalue weighted by atomic mass is 10.1. The molecular weight excluding hydrogens is 338 g/mol. The van der Waals surface area contributed by atoms with Crippen LogP contribution in [0.4, 0.5) is 5.69 Å². The second-order valence-corrected chi connectivity index (χ2v) is 8.53. The van der Waals surface area contributed by atoms with Crippen molar-refractivity contribution in [3.63, 3.8) is 0 Å². The molecule has 0 saturated carbocycles. The molecule has 0 spiro atoms. The van der Waals surface area contributed by atoms with Gasteiger partial charge in [-0.2, -0.15) is 0 Å². The van der Waals surface area contributed by atoms with Crippen molar-refractivity contribution in [3.05, 3.63) is 46.5 Å². The van der Waals surface area contributed by atoms with Crippen LogP contribution in [0.5, 0.6) is 0 Å². The highest BCUT2D eigenvalue weighted by atomic mass is 32.2. The Morgan fingerprint density at radius 2 is 1.92 bits per heavy atom. The number of piperazine rings is 1. The summed E-state index contributed by atoms with van der Waals surface area (Å²) >= 11 is 1.77. The zero-order valence-electron chi connectivity index (χ0n) is 13.8. The number of fused-ring (bicyclic) bond motifs is 1. The minimum absolute atomic E-state index is 0.827. The van der Waals surface area contributed by atoms with Crippen LogP contribution in [0.25, 0.3) is 10.2 Å². The lowest BCUT2D eigenvalue weighted by Gasteiger charge is -2.38. The molecule has 1 fully saturated rings. The Hall–Kier alpha value is -1.66. The van der Waals surface area contributed by atoms with Gasteiger partial charge in [0.15, 0.2) is 0 Å². The van der Waals surface area contributed by atoms with E-state index in [4.69, 9.17) is 0 Å². The number of aromatic nitrogens is 1. The molecule has 4 nitrogen and oxygen atoms in total. The van der Waals surface area contributed by atoms with Crippen LogP contribution in [0.1, 0.15) is 12.8 Å². The van der Waals surface area contributed by atoms with Gasteiger partial charge >= 0.3 is 0 Å². The molecule has 3 heterocycles. The molecule has 0 amide bonds. The van der Waals surface area contributed by atoms with E-state index in [1.54, 1.807) is 17.6 Å². The fourth-order valence-corrected chi connectivity index (χ4v) is 5.00. The SMILES string of the molecule is CS(=O)C1=CC=C(N2CCN(c3csc4cccnc34)CC2)CC1. The highest BCUT2D eigenvalue weighted by Crippen LogP contribution is 2.32. The van der Waals surface area contributed by atoms with Crippen LogP contribution in [0.15, 0.2) is 46.5 Å². The van der Waals surface area contributed by atoms with Crippen molar-refractivity contribution in [2.75, 3.05) is 37.3 Å². The molecule has 0 bridgehead atoms. The molecule has 6 heteroatoms. The van der Waals surface area contributed by atoms with Crippen LogP contribution in [0.2, 0.25) is 0 Å². The summed E-state index contributed by atoms with van der Waals surface area (Å²) in [4.78, 5) is 10.5. The lowest BCUT2D eigenvalue weighted by molar-refractivity contribution is 0.310. The van der Waals surface area contributed by atoms with Crippen molar-refractivity contribution >= 4 is 38.0 Å². The maximum Gasteiger partial charge on any atom is 0.104 e. The van der Waals surface area contributed by atoms with Gasteiger partial charge in [0.05, 0.1) is 10.4 Å². The van der Waals surface area contributed by atoms with Crippen molar-refractivity contribution in [2.45, 2.75) is 12.8 Å². The quantitative estimate of drug-likeness (QED) is 0.842. The Balaban J connectivity index is 1.45. The molecule has 1 aliphatic carbocycles. The van der Waals surface area contributed by atoms with Gasteiger partial charge in [-0.15, -0.1) is 11.3 Å². The number of rotatable bonds is 3. The van der Waals surface area contributed by atoms with E-state index in [0.29, 0.717) is 0 Å². The zero-order valence-corrected chi connectivity index (χ0v) is 15.4. The molecule has 1 atom stereocenters. The maximum absolute atomic E-state index is 11.6. The van der Waals surface area contributed by atoms with E-state index < -0.39 is 10.8 Å². The highest BCUT2D eigenvalue weighted by Gasteiger charge is 2.22. The van der Waals surface area contributed by atoms with Crippen LogP contribution in [0, 0.1) is 0 Å². The minimum atomic E-state index is -0.827.